The number of fused-ring (bicyclic) bond motifs is 1. The van der Waals surface area contributed by atoms with Crippen LogP contribution in [0, 0.1) is 63.1 Å². The second-order valence-electron chi connectivity index (χ2n) is 20.9. The standard InChI is InChI=1S/C46H82/c1-43(2,37-23-10-6-11-24-37)33-44(3,38-25-12-7-13-26-38)34-45(4,39-27-14-8-15-28-39)35-46(5,40-29-16-9-17-30-40)42-32-20-22-36-21-18-19-31-41(36)42/h36-42H,6-35H2,1-5H3. The average molecular weight is 635 g/mol. The molecule has 0 radical (unpaired) electrons. The van der Waals surface area contributed by atoms with Crippen LogP contribution in [0.4, 0.5) is 0 Å². The van der Waals surface area contributed by atoms with E-state index in [9.17, 15) is 0 Å². The van der Waals surface area contributed by atoms with E-state index in [1.807, 2.05) is 0 Å². The normalized spacial score (nSPS) is 34.2. The van der Waals surface area contributed by atoms with Crippen molar-refractivity contribution in [2.45, 2.75) is 227 Å². The molecule has 46 heavy (non-hydrogen) atoms. The minimum atomic E-state index is 0.492. The molecule has 6 fully saturated rings. The van der Waals surface area contributed by atoms with E-state index >= 15 is 0 Å². The Balaban J connectivity index is 1.36. The van der Waals surface area contributed by atoms with Gasteiger partial charge in [-0.05, 0) is 147 Å². The van der Waals surface area contributed by atoms with Crippen molar-refractivity contribution in [2.24, 2.45) is 63.1 Å². The highest BCUT2D eigenvalue weighted by molar-refractivity contribution is 5.04. The minimum Gasteiger partial charge on any atom is -0.0596 e. The van der Waals surface area contributed by atoms with E-state index in [0.29, 0.717) is 21.7 Å². The van der Waals surface area contributed by atoms with Gasteiger partial charge in [0, 0.05) is 0 Å². The third kappa shape index (κ3) is 7.98. The molecule has 0 N–H and O–H groups in total. The Bertz CT molecular complexity index is 904. The molecule has 0 nitrogen and oxygen atoms in total. The molecule has 266 valence electrons. The lowest BCUT2D eigenvalue weighted by molar-refractivity contribution is -0.0952. The smallest absolute Gasteiger partial charge is 0.0261 e. The molecule has 6 saturated carbocycles. The fraction of sp³-hybridized carbons (Fsp3) is 1.00. The lowest BCUT2D eigenvalue weighted by atomic mass is 9.46. The molecule has 0 spiro atoms. The Kier molecular flexibility index (Phi) is 12.1. The predicted molar refractivity (Wildman–Crippen MR) is 201 cm³/mol. The van der Waals surface area contributed by atoms with E-state index < -0.39 is 0 Å². The third-order valence-corrected chi connectivity index (χ3v) is 17.3. The van der Waals surface area contributed by atoms with Crippen molar-refractivity contribution in [3.8, 4) is 0 Å². The van der Waals surface area contributed by atoms with Crippen LogP contribution in [-0.4, -0.2) is 0 Å². The van der Waals surface area contributed by atoms with Gasteiger partial charge in [0.15, 0.2) is 0 Å². The van der Waals surface area contributed by atoms with E-state index in [4.69, 9.17) is 0 Å². The van der Waals surface area contributed by atoms with E-state index in [-0.39, 0.29) is 0 Å². The Morgan fingerprint density at radius 1 is 0.348 bits per heavy atom. The van der Waals surface area contributed by atoms with Crippen molar-refractivity contribution < 1.29 is 0 Å². The van der Waals surface area contributed by atoms with Gasteiger partial charge in [0.05, 0.1) is 0 Å². The Morgan fingerprint density at radius 3 is 1.30 bits per heavy atom. The van der Waals surface area contributed by atoms with Gasteiger partial charge in [0.1, 0.15) is 0 Å². The summed E-state index contributed by atoms with van der Waals surface area (Å²) in [6.45, 7) is 14.3. The van der Waals surface area contributed by atoms with Gasteiger partial charge in [-0.1, -0.05) is 144 Å². The SMILES string of the molecule is CC(C)(CC(C)(CC(C)(CC(C)(C1CCCCC1)C1CCCC2CCCCC21)C1CCCCC1)C1CCCCC1)C1CCCCC1. The molecule has 6 atom stereocenters. The molecule has 0 amide bonds. The first-order valence-corrected chi connectivity index (χ1v) is 22.1. The summed E-state index contributed by atoms with van der Waals surface area (Å²) in [6, 6.07) is 0. The highest BCUT2D eigenvalue weighted by Gasteiger charge is 2.55. The highest BCUT2D eigenvalue weighted by Crippen LogP contribution is 2.64. The molecule has 0 aromatic heterocycles. The first-order valence-electron chi connectivity index (χ1n) is 22.1. The number of hydrogen-bond acceptors (Lipinski definition) is 0. The molecule has 0 aromatic rings. The van der Waals surface area contributed by atoms with Crippen molar-refractivity contribution in [3.63, 3.8) is 0 Å². The van der Waals surface area contributed by atoms with Crippen LogP contribution in [0.25, 0.3) is 0 Å². The van der Waals surface area contributed by atoms with Gasteiger partial charge >= 0.3 is 0 Å². The molecule has 0 aromatic carbocycles. The molecule has 0 heteroatoms. The molecule has 6 aliphatic carbocycles. The Labute approximate surface area is 289 Å². The van der Waals surface area contributed by atoms with Gasteiger partial charge in [-0.25, -0.2) is 0 Å². The number of rotatable bonds is 11. The van der Waals surface area contributed by atoms with E-state index in [2.05, 4.69) is 34.6 Å². The van der Waals surface area contributed by atoms with Crippen LogP contribution < -0.4 is 0 Å². The average Bonchev–Trinajstić information content (AvgIpc) is 3.09. The Hall–Kier alpha value is 0. The van der Waals surface area contributed by atoms with Crippen molar-refractivity contribution in [3.05, 3.63) is 0 Å². The van der Waals surface area contributed by atoms with Crippen LogP contribution in [0.1, 0.15) is 227 Å². The lowest BCUT2D eigenvalue weighted by Gasteiger charge is -2.59. The lowest BCUT2D eigenvalue weighted by Crippen LogP contribution is -2.50. The molecule has 6 unspecified atom stereocenters. The first-order chi connectivity index (χ1) is 22.1. The monoisotopic (exact) mass is 635 g/mol. The van der Waals surface area contributed by atoms with Crippen molar-refractivity contribution in [1.29, 1.82) is 0 Å². The predicted octanol–water partition coefficient (Wildman–Crippen LogP) is 15.1. The van der Waals surface area contributed by atoms with Gasteiger partial charge in [0.25, 0.3) is 0 Å². The van der Waals surface area contributed by atoms with E-state index in [1.54, 1.807) is 70.6 Å². The summed E-state index contributed by atoms with van der Waals surface area (Å²) >= 11 is 0. The summed E-state index contributed by atoms with van der Waals surface area (Å²) in [5.74, 6) is 7.02. The maximum absolute atomic E-state index is 2.97. The van der Waals surface area contributed by atoms with Crippen molar-refractivity contribution >= 4 is 0 Å². The van der Waals surface area contributed by atoms with Crippen molar-refractivity contribution in [1.82, 2.24) is 0 Å². The fourth-order valence-corrected chi connectivity index (χ4v) is 15.3. The summed E-state index contributed by atoms with van der Waals surface area (Å²) < 4.78 is 0. The second kappa shape index (κ2) is 15.5. The van der Waals surface area contributed by atoms with Crippen LogP contribution in [-0.2, 0) is 0 Å². The van der Waals surface area contributed by atoms with Crippen LogP contribution in [0.2, 0.25) is 0 Å². The molecule has 0 saturated heterocycles. The van der Waals surface area contributed by atoms with Crippen LogP contribution in [0.15, 0.2) is 0 Å². The van der Waals surface area contributed by atoms with Gasteiger partial charge in [-0.2, -0.15) is 0 Å². The molecule has 6 aliphatic rings. The number of hydrogen-bond donors (Lipinski definition) is 0. The molecule has 0 bridgehead atoms. The fourth-order valence-electron chi connectivity index (χ4n) is 15.3. The highest BCUT2D eigenvalue weighted by atomic mass is 14.6. The van der Waals surface area contributed by atoms with Gasteiger partial charge in [-0.3, -0.25) is 0 Å². The molecule has 0 heterocycles. The van der Waals surface area contributed by atoms with Crippen molar-refractivity contribution in [2.75, 3.05) is 0 Å². The van der Waals surface area contributed by atoms with E-state index in [0.717, 1.165) is 41.4 Å². The quantitative estimate of drug-likeness (QED) is 0.212. The van der Waals surface area contributed by atoms with Crippen LogP contribution in [0.5, 0.6) is 0 Å². The van der Waals surface area contributed by atoms with Gasteiger partial charge < -0.3 is 0 Å². The minimum absolute atomic E-state index is 0.492. The van der Waals surface area contributed by atoms with Gasteiger partial charge in [-0.15, -0.1) is 0 Å². The molecule has 6 rings (SSSR count). The summed E-state index contributed by atoms with van der Waals surface area (Å²) in [5.41, 5.74) is 2.05. The maximum atomic E-state index is 2.97. The largest absolute Gasteiger partial charge is 0.0596 e. The second-order valence-corrected chi connectivity index (χ2v) is 20.9. The van der Waals surface area contributed by atoms with Gasteiger partial charge in [0.2, 0.25) is 0 Å². The topological polar surface area (TPSA) is 0 Å². The summed E-state index contributed by atoms with van der Waals surface area (Å²) in [7, 11) is 0. The first kappa shape index (κ1) is 35.8. The maximum Gasteiger partial charge on any atom is -0.0261 e. The van der Waals surface area contributed by atoms with Crippen LogP contribution >= 0.6 is 0 Å². The summed E-state index contributed by atoms with van der Waals surface area (Å²) in [5, 5.41) is 0. The molecular weight excluding hydrogens is 553 g/mol. The third-order valence-electron chi connectivity index (χ3n) is 17.3. The zero-order valence-corrected chi connectivity index (χ0v) is 32.3. The zero-order chi connectivity index (χ0) is 32.3. The van der Waals surface area contributed by atoms with Crippen LogP contribution in [0.3, 0.4) is 0 Å². The molecule has 0 aliphatic heterocycles. The zero-order valence-electron chi connectivity index (χ0n) is 32.3. The summed E-state index contributed by atoms with van der Waals surface area (Å²) in [6.07, 6.45) is 45.9. The molecular formula is C46H82. The summed E-state index contributed by atoms with van der Waals surface area (Å²) in [4.78, 5) is 0. The Morgan fingerprint density at radius 2 is 0.761 bits per heavy atom. The van der Waals surface area contributed by atoms with E-state index in [1.165, 1.54) is 122 Å².